The van der Waals surface area contributed by atoms with Gasteiger partial charge in [0.25, 0.3) is 5.91 Å². The van der Waals surface area contributed by atoms with Crippen LogP contribution < -0.4 is 4.74 Å². The van der Waals surface area contributed by atoms with Gasteiger partial charge in [0, 0.05) is 34.9 Å². The fourth-order valence-corrected chi connectivity index (χ4v) is 5.88. The SMILES string of the molecule is COc1ccc(CN2CC(=O)N3CC(c4ccc(Cl)cc4)c4c([nH]c5ccccc45)[C@@]3(C)C2=O)cc1. The average Bonchev–Trinajstić information content (AvgIpc) is 3.29. The first-order valence-corrected chi connectivity index (χ1v) is 12.4. The van der Waals surface area contributed by atoms with Crippen molar-refractivity contribution in [2.45, 2.75) is 24.9 Å². The summed E-state index contributed by atoms with van der Waals surface area (Å²) < 4.78 is 5.25. The molecule has 0 aliphatic carbocycles. The zero-order valence-corrected chi connectivity index (χ0v) is 20.9. The van der Waals surface area contributed by atoms with Gasteiger partial charge in [-0.05, 0) is 53.9 Å². The molecule has 3 aromatic carbocycles. The highest BCUT2D eigenvalue weighted by Gasteiger charge is 2.56. The molecule has 2 aliphatic rings. The van der Waals surface area contributed by atoms with E-state index in [0.717, 1.165) is 39.0 Å². The number of fused-ring (bicyclic) bond motifs is 5. The molecule has 0 bridgehead atoms. The number of para-hydroxylation sites is 1. The maximum absolute atomic E-state index is 14.2. The van der Waals surface area contributed by atoms with E-state index in [2.05, 4.69) is 11.1 Å². The largest absolute Gasteiger partial charge is 0.497 e. The second-order valence-electron chi connectivity index (χ2n) is 9.65. The topological polar surface area (TPSA) is 65.6 Å². The Morgan fingerprint density at radius 2 is 1.75 bits per heavy atom. The second-order valence-corrected chi connectivity index (χ2v) is 10.1. The Hall–Kier alpha value is -3.77. The fourth-order valence-electron chi connectivity index (χ4n) is 5.75. The van der Waals surface area contributed by atoms with E-state index >= 15 is 0 Å². The number of carbonyl (C=O) groups excluding carboxylic acids is 2. The van der Waals surface area contributed by atoms with Crippen molar-refractivity contribution in [2.75, 3.05) is 20.2 Å². The number of ether oxygens (including phenoxy) is 1. The van der Waals surface area contributed by atoms with Crippen molar-refractivity contribution in [1.29, 1.82) is 0 Å². The number of benzene rings is 3. The van der Waals surface area contributed by atoms with Crippen LogP contribution in [-0.2, 0) is 21.7 Å². The van der Waals surface area contributed by atoms with Gasteiger partial charge in [-0.25, -0.2) is 0 Å². The summed E-state index contributed by atoms with van der Waals surface area (Å²) >= 11 is 6.17. The van der Waals surface area contributed by atoms with Crippen LogP contribution in [0.15, 0.2) is 72.8 Å². The highest BCUT2D eigenvalue weighted by atomic mass is 35.5. The van der Waals surface area contributed by atoms with Crippen molar-refractivity contribution in [3.8, 4) is 5.75 Å². The van der Waals surface area contributed by atoms with Crippen LogP contribution >= 0.6 is 11.6 Å². The number of H-pyrrole nitrogens is 1. The predicted octanol–water partition coefficient (Wildman–Crippen LogP) is 5.06. The van der Waals surface area contributed by atoms with Crippen LogP contribution in [0.1, 0.15) is 35.2 Å². The zero-order valence-electron chi connectivity index (χ0n) is 20.1. The number of nitrogens with one attached hydrogen (secondary N) is 1. The number of carbonyl (C=O) groups is 2. The molecule has 0 spiro atoms. The van der Waals surface area contributed by atoms with Crippen molar-refractivity contribution in [3.63, 3.8) is 0 Å². The minimum absolute atomic E-state index is 0.0450. The number of amides is 2. The number of hydrogen-bond acceptors (Lipinski definition) is 3. The lowest BCUT2D eigenvalue weighted by Crippen LogP contribution is -2.67. The van der Waals surface area contributed by atoms with Gasteiger partial charge in [0.05, 0.1) is 12.8 Å². The molecule has 4 aromatic rings. The number of aromatic amines is 1. The molecule has 2 amide bonds. The van der Waals surface area contributed by atoms with Gasteiger partial charge in [0.15, 0.2) is 5.54 Å². The molecule has 1 saturated heterocycles. The number of aromatic nitrogens is 1. The summed E-state index contributed by atoms with van der Waals surface area (Å²) in [4.78, 5) is 34.7. The number of rotatable bonds is 4. The van der Waals surface area contributed by atoms with Gasteiger partial charge in [0.1, 0.15) is 12.3 Å². The van der Waals surface area contributed by atoms with Crippen LogP contribution in [0.25, 0.3) is 10.9 Å². The minimum atomic E-state index is -1.13. The van der Waals surface area contributed by atoms with Crippen molar-refractivity contribution in [2.24, 2.45) is 0 Å². The Labute approximate surface area is 214 Å². The molecular weight excluding hydrogens is 474 g/mol. The van der Waals surface area contributed by atoms with Gasteiger partial charge in [-0.1, -0.05) is 54.1 Å². The number of halogens is 1. The lowest BCUT2D eigenvalue weighted by atomic mass is 9.76. The lowest BCUT2D eigenvalue weighted by molar-refractivity contribution is -0.166. The Kier molecular flexibility index (Phi) is 5.30. The van der Waals surface area contributed by atoms with Gasteiger partial charge in [-0.15, -0.1) is 0 Å². The summed E-state index contributed by atoms with van der Waals surface area (Å²) in [6, 6.07) is 23.4. The standard InChI is InChI=1S/C29H26ClN3O3/c1-29-27-26(22-5-3-4-6-24(22)31-27)23(19-9-11-20(30)12-10-19)16-33(29)25(34)17-32(28(29)35)15-18-7-13-21(36-2)14-8-18/h3-14,23,31H,15-17H2,1-2H3/t23?,29-/m0/s1. The van der Waals surface area contributed by atoms with Gasteiger partial charge < -0.3 is 19.5 Å². The minimum Gasteiger partial charge on any atom is -0.497 e. The summed E-state index contributed by atoms with van der Waals surface area (Å²) in [6.07, 6.45) is 0. The summed E-state index contributed by atoms with van der Waals surface area (Å²) in [7, 11) is 1.62. The quantitative estimate of drug-likeness (QED) is 0.427. The smallest absolute Gasteiger partial charge is 0.255 e. The second kappa shape index (κ2) is 8.42. The highest BCUT2D eigenvalue weighted by Crippen LogP contribution is 2.48. The van der Waals surface area contributed by atoms with Crippen LogP contribution in [0.5, 0.6) is 5.75 Å². The molecule has 2 aliphatic heterocycles. The fraction of sp³-hybridized carbons (Fsp3) is 0.241. The maximum atomic E-state index is 14.2. The molecule has 1 fully saturated rings. The third-order valence-corrected chi connectivity index (χ3v) is 7.87. The predicted molar refractivity (Wildman–Crippen MR) is 139 cm³/mol. The summed E-state index contributed by atoms with van der Waals surface area (Å²) in [5.74, 6) is 0.529. The molecule has 182 valence electrons. The Morgan fingerprint density at radius 3 is 2.47 bits per heavy atom. The molecule has 7 heteroatoms. The van der Waals surface area contributed by atoms with Crippen LogP contribution in [0, 0.1) is 0 Å². The first-order chi connectivity index (χ1) is 17.4. The molecule has 1 N–H and O–H groups in total. The van der Waals surface area contributed by atoms with E-state index in [4.69, 9.17) is 16.3 Å². The Bertz CT molecular complexity index is 1480. The van der Waals surface area contributed by atoms with Gasteiger partial charge in [-0.2, -0.15) is 0 Å². The van der Waals surface area contributed by atoms with E-state index in [1.54, 1.807) is 16.9 Å². The summed E-state index contributed by atoms with van der Waals surface area (Å²) in [6.45, 7) is 2.70. The normalized spacial score (nSPS) is 21.5. The first kappa shape index (κ1) is 22.7. The van der Waals surface area contributed by atoms with Crippen LogP contribution in [0.2, 0.25) is 5.02 Å². The van der Waals surface area contributed by atoms with Crippen molar-refractivity contribution in [3.05, 3.63) is 100 Å². The number of hydrogen-bond donors (Lipinski definition) is 1. The summed E-state index contributed by atoms with van der Waals surface area (Å²) in [5.41, 5.74) is 3.69. The third kappa shape index (κ3) is 3.39. The van der Waals surface area contributed by atoms with Crippen molar-refractivity contribution < 1.29 is 14.3 Å². The Morgan fingerprint density at radius 1 is 1.03 bits per heavy atom. The van der Waals surface area contributed by atoms with E-state index in [9.17, 15) is 9.59 Å². The Balaban J connectivity index is 1.46. The molecule has 36 heavy (non-hydrogen) atoms. The van der Waals surface area contributed by atoms with Crippen LogP contribution in [0.3, 0.4) is 0 Å². The molecule has 0 saturated carbocycles. The van der Waals surface area contributed by atoms with E-state index < -0.39 is 5.54 Å². The van der Waals surface area contributed by atoms with Gasteiger partial charge >= 0.3 is 0 Å². The lowest BCUT2D eigenvalue weighted by Gasteiger charge is -2.51. The summed E-state index contributed by atoms with van der Waals surface area (Å²) in [5, 5.41) is 1.73. The van der Waals surface area contributed by atoms with Crippen LogP contribution in [0.4, 0.5) is 0 Å². The monoisotopic (exact) mass is 499 g/mol. The van der Waals surface area contributed by atoms with Crippen molar-refractivity contribution in [1.82, 2.24) is 14.8 Å². The van der Waals surface area contributed by atoms with E-state index in [-0.39, 0.29) is 24.3 Å². The number of methoxy groups -OCH3 is 1. The maximum Gasteiger partial charge on any atom is 0.255 e. The third-order valence-electron chi connectivity index (χ3n) is 7.62. The van der Waals surface area contributed by atoms with E-state index in [1.807, 2.05) is 73.7 Å². The molecule has 6 rings (SSSR count). The number of nitrogens with zero attached hydrogens (tertiary/aromatic N) is 2. The average molecular weight is 500 g/mol. The van der Waals surface area contributed by atoms with Gasteiger partial charge in [0.2, 0.25) is 5.91 Å². The van der Waals surface area contributed by atoms with Crippen molar-refractivity contribution >= 4 is 34.3 Å². The highest BCUT2D eigenvalue weighted by molar-refractivity contribution is 6.30. The first-order valence-electron chi connectivity index (χ1n) is 12.0. The molecule has 3 heterocycles. The molecule has 0 radical (unpaired) electrons. The number of piperazine rings is 1. The molecular formula is C29H26ClN3O3. The zero-order chi connectivity index (χ0) is 25.0. The molecule has 6 nitrogen and oxygen atoms in total. The van der Waals surface area contributed by atoms with E-state index in [0.29, 0.717) is 18.1 Å². The van der Waals surface area contributed by atoms with E-state index in [1.165, 1.54) is 0 Å². The van der Waals surface area contributed by atoms with Crippen LogP contribution in [-0.4, -0.2) is 46.8 Å². The molecule has 2 atom stereocenters. The molecule has 1 unspecified atom stereocenters. The molecule has 1 aromatic heterocycles. The van der Waals surface area contributed by atoms with Gasteiger partial charge in [-0.3, -0.25) is 9.59 Å².